The average molecular weight is 326 g/mol. The molecule has 1 N–H and O–H groups in total. The maximum atomic E-state index is 6.22. The summed E-state index contributed by atoms with van der Waals surface area (Å²) in [4.78, 5) is 0. The Morgan fingerprint density at radius 3 is 2.87 bits per heavy atom. The van der Waals surface area contributed by atoms with Crippen LogP contribution in [0.5, 0.6) is 5.75 Å². The van der Waals surface area contributed by atoms with Crippen molar-refractivity contribution >= 4 is 28.1 Å². The summed E-state index contributed by atoms with van der Waals surface area (Å²) < 4.78 is 11.0. The van der Waals surface area contributed by atoms with E-state index in [0.29, 0.717) is 18.2 Å². The molecule has 0 saturated heterocycles. The molecule has 4 heteroatoms. The minimum Gasteiger partial charge on any atom is -0.467 e. The highest BCUT2D eigenvalue weighted by atomic mass is 35.5. The third-order valence-corrected chi connectivity index (χ3v) is 4.23. The number of halogens is 1. The van der Waals surface area contributed by atoms with Crippen molar-refractivity contribution in [3.8, 4) is 5.75 Å². The van der Waals surface area contributed by atoms with Crippen molar-refractivity contribution in [3.63, 3.8) is 0 Å². The summed E-state index contributed by atoms with van der Waals surface area (Å²) in [7, 11) is 0. The van der Waals surface area contributed by atoms with Crippen LogP contribution in [-0.2, 0) is 17.9 Å². The molecule has 4 rings (SSSR count). The number of anilines is 1. The van der Waals surface area contributed by atoms with Crippen LogP contribution in [-0.4, -0.2) is 6.79 Å². The SMILES string of the molecule is Clc1cc(CNc2cccc3ccccc23)c2c(c1)COCO2. The van der Waals surface area contributed by atoms with Crippen molar-refractivity contribution in [3.05, 3.63) is 70.7 Å². The molecule has 3 aromatic carbocycles. The lowest BCUT2D eigenvalue weighted by molar-refractivity contribution is -0.0169. The number of rotatable bonds is 3. The first-order valence-corrected chi connectivity index (χ1v) is 7.92. The summed E-state index contributed by atoms with van der Waals surface area (Å²) in [6, 6.07) is 18.4. The van der Waals surface area contributed by atoms with Gasteiger partial charge in [0.05, 0.1) is 6.61 Å². The molecule has 0 amide bonds. The van der Waals surface area contributed by atoms with Gasteiger partial charge in [-0.05, 0) is 23.6 Å². The van der Waals surface area contributed by atoms with Crippen molar-refractivity contribution in [1.29, 1.82) is 0 Å². The largest absolute Gasteiger partial charge is 0.467 e. The molecular formula is C19H16ClNO2. The zero-order valence-corrected chi connectivity index (χ0v) is 13.3. The van der Waals surface area contributed by atoms with Crippen LogP contribution in [0, 0.1) is 0 Å². The molecule has 3 nitrogen and oxygen atoms in total. The van der Waals surface area contributed by atoms with E-state index in [2.05, 4.69) is 41.7 Å². The Kier molecular flexibility index (Phi) is 3.82. The zero-order valence-electron chi connectivity index (χ0n) is 12.5. The van der Waals surface area contributed by atoms with Gasteiger partial charge in [0.25, 0.3) is 0 Å². The summed E-state index contributed by atoms with van der Waals surface area (Å²) in [6.45, 7) is 1.48. The van der Waals surface area contributed by atoms with Gasteiger partial charge in [-0.3, -0.25) is 0 Å². The highest BCUT2D eigenvalue weighted by Crippen LogP contribution is 2.32. The first kappa shape index (κ1) is 14.4. The number of fused-ring (bicyclic) bond motifs is 2. The van der Waals surface area contributed by atoms with Gasteiger partial charge in [-0.25, -0.2) is 0 Å². The van der Waals surface area contributed by atoms with Crippen LogP contribution in [0.4, 0.5) is 5.69 Å². The minimum absolute atomic E-state index is 0.288. The number of ether oxygens (including phenoxy) is 2. The molecule has 0 radical (unpaired) electrons. The zero-order chi connectivity index (χ0) is 15.6. The predicted molar refractivity (Wildman–Crippen MR) is 93.0 cm³/mol. The van der Waals surface area contributed by atoms with Crippen LogP contribution in [0.1, 0.15) is 11.1 Å². The van der Waals surface area contributed by atoms with E-state index >= 15 is 0 Å². The summed E-state index contributed by atoms with van der Waals surface area (Å²) in [6.07, 6.45) is 0. The molecule has 0 unspecified atom stereocenters. The molecule has 0 fully saturated rings. The number of nitrogens with one attached hydrogen (secondary N) is 1. The molecule has 0 aromatic heterocycles. The van der Waals surface area contributed by atoms with Gasteiger partial charge in [-0.1, -0.05) is 48.0 Å². The van der Waals surface area contributed by atoms with E-state index < -0.39 is 0 Å². The van der Waals surface area contributed by atoms with Gasteiger partial charge in [-0.2, -0.15) is 0 Å². The van der Waals surface area contributed by atoms with E-state index in [1.165, 1.54) is 10.8 Å². The molecule has 3 aromatic rings. The summed E-state index contributed by atoms with van der Waals surface area (Å²) in [5, 5.41) is 6.62. The Bertz CT molecular complexity index is 858. The Balaban J connectivity index is 1.65. The maximum absolute atomic E-state index is 6.22. The van der Waals surface area contributed by atoms with E-state index in [0.717, 1.165) is 22.6 Å². The van der Waals surface area contributed by atoms with E-state index in [1.54, 1.807) is 0 Å². The lowest BCUT2D eigenvalue weighted by Crippen LogP contribution is -2.14. The van der Waals surface area contributed by atoms with Crippen LogP contribution < -0.4 is 10.1 Å². The molecule has 1 aliphatic heterocycles. The fourth-order valence-electron chi connectivity index (χ4n) is 2.96. The van der Waals surface area contributed by atoms with E-state index in [1.807, 2.05) is 18.2 Å². The summed E-state index contributed by atoms with van der Waals surface area (Å²) >= 11 is 6.22. The second-order valence-corrected chi connectivity index (χ2v) is 5.98. The fraction of sp³-hybridized carbons (Fsp3) is 0.158. The lowest BCUT2D eigenvalue weighted by Gasteiger charge is -2.21. The molecule has 23 heavy (non-hydrogen) atoms. The first-order valence-electron chi connectivity index (χ1n) is 7.55. The van der Waals surface area contributed by atoms with Crippen LogP contribution in [0.2, 0.25) is 5.02 Å². The van der Waals surface area contributed by atoms with Gasteiger partial charge in [0.15, 0.2) is 6.79 Å². The third kappa shape index (κ3) is 2.85. The maximum Gasteiger partial charge on any atom is 0.189 e. The molecule has 0 saturated carbocycles. The molecule has 0 aliphatic carbocycles. The molecule has 0 bridgehead atoms. The van der Waals surface area contributed by atoms with Gasteiger partial charge in [0.2, 0.25) is 0 Å². The second-order valence-electron chi connectivity index (χ2n) is 5.54. The predicted octanol–water partition coefficient (Wildman–Crippen LogP) is 4.97. The second kappa shape index (κ2) is 6.11. The monoisotopic (exact) mass is 325 g/mol. The highest BCUT2D eigenvalue weighted by molar-refractivity contribution is 6.30. The van der Waals surface area contributed by atoms with Crippen molar-refractivity contribution in [2.24, 2.45) is 0 Å². The first-order chi connectivity index (χ1) is 11.3. The Morgan fingerprint density at radius 1 is 1.04 bits per heavy atom. The summed E-state index contributed by atoms with van der Waals surface area (Å²) in [5.74, 6) is 0.883. The van der Waals surface area contributed by atoms with Crippen molar-refractivity contribution < 1.29 is 9.47 Å². The third-order valence-electron chi connectivity index (χ3n) is 4.01. The van der Waals surface area contributed by atoms with Crippen molar-refractivity contribution in [2.75, 3.05) is 12.1 Å². The molecule has 1 heterocycles. The van der Waals surface area contributed by atoms with E-state index in [9.17, 15) is 0 Å². The number of benzene rings is 3. The topological polar surface area (TPSA) is 30.5 Å². The summed E-state index contributed by atoms with van der Waals surface area (Å²) in [5.41, 5.74) is 3.14. The average Bonchev–Trinajstić information content (AvgIpc) is 2.59. The normalized spacial score (nSPS) is 13.4. The smallest absolute Gasteiger partial charge is 0.189 e. The molecule has 116 valence electrons. The van der Waals surface area contributed by atoms with Gasteiger partial charge in [0.1, 0.15) is 5.75 Å². The fourth-order valence-corrected chi connectivity index (χ4v) is 3.22. The lowest BCUT2D eigenvalue weighted by atomic mass is 10.1. The van der Waals surface area contributed by atoms with Crippen LogP contribution in [0.15, 0.2) is 54.6 Å². The quantitative estimate of drug-likeness (QED) is 0.737. The van der Waals surface area contributed by atoms with Crippen molar-refractivity contribution in [2.45, 2.75) is 13.2 Å². The van der Waals surface area contributed by atoms with Gasteiger partial charge < -0.3 is 14.8 Å². The van der Waals surface area contributed by atoms with Gasteiger partial charge >= 0.3 is 0 Å². The van der Waals surface area contributed by atoms with Crippen molar-refractivity contribution in [1.82, 2.24) is 0 Å². The van der Waals surface area contributed by atoms with Gasteiger partial charge in [-0.15, -0.1) is 0 Å². The van der Waals surface area contributed by atoms with Crippen LogP contribution in [0.25, 0.3) is 10.8 Å². The van der Waals surface area contributed by atoms with E-state index in [-0.39, 0.29) is 6.79 Å². The standard InChI is InChI=1S/C19H16ClNO2/c20-16-8-14(19-15(9-16)11-22-12-23-19)10-21-18-7-3-5-13-4-1-2-6-17(13)18/h1-9,21H,10-12H2. The number of hydrogen-bond donors (Lipinski definition) is 1. The molecule has 0 spiro atoms. The Labute approximate surface area is 139 Å². The van der Waals surface area contributed by atoms with Crippen LogP contribution >= 0.6 is 11.6 Å². The Hall–Kier alpha value is -2.23. The van der Waals surface area contributed by atoms with E-state index in [4.69, 9.17) is 21.1 Å². The number of hydrogen-bond acceptors (Lipinski definition) is 3. The molecular weight excluding hydrogens is 310 g/mol. The van der Waals surface area contributed by atoms with Gasteiger partial charge in [0, 0.05) is 33.8 Å². The Morgan fingerprint density at radius 2 is 1.91 bits per heavy atom. The molecule has 0 atom stereocenters. The highest BCUT2D eigenvalue weighted by Gasteiger charge is 2.16. The van der Waals surface area contributed by atoms with Crippen LogP contribution in [0.3, 0.4) is 0 Å². The molecule has 1 aliphatic rings. The minimum atomic E-state index is 0.288.